The van der Waals surface area contributed by atoms with Crippen molar-refractivity contribution in [1.82, 2.24) is 0 Å². The summed E-state index contributed by atoms with van der Waals surface area (Å²) in [7, 11) is 0. The summed E-state index contributed by atoms with van der Waals surface area (Å²) >= 11 is 0. The quantitative estimate of drug-likeness (QED) is 0.136. The van der Waals surface area contributed by atoms with Gasteiger partial charge in [-0.25, -0.2) is 0 Å². The number of hydrogen-bond donors (Lipinski definition) is 2. The van der Waals surface area contributed by atoms with Gasteiger partial charge in [0, 0.05) is 23.1 Å². The number of nitrogens with zero attached hydrogens (tertiary/aromatic N) is 1. The van der Waals surface area contributed by atoms with Crippen LogP contribution in [0.15, 0.2) is 103 Å². The van der Waals surface area contributed by atoms with Crippen molar-refractivity contribution >= 4 is 17.1 Å². The van der Waals surface area contributed by atoms with Crippen LogP contribution in [0, 0.1) is 0 Å². The maximum atomic E-state index is 7.65. The topological polar surface area (TPSA) is 55.3 Å². The zero-order chi connectivity index (χ0) is 36.8. The van der Waals surface area contributed by atoms with E-state index in [4.69, 9.17) is 11.5 Å². The van der Waals surface area contributed by atoms with Crippen LogP contribution in [0.4, 0.5) is 17.1 Å². The van der Waals surface area contributed by atoms with E-state index in [1.807, 2.05) is 0 Å². The predicted molar refractivity (Wildman–Crippen MR) is 223 cm³/mol. The van der Waals surface area contributed by atoms with Gasteiger partial charge in [0.2, 0.25) is 0 Å². The van der Waals surface area contributed by atoms with Gasteiger partial charge in [0.15, 0.2) is 0 Å². The van der Waals surface area contributed by atoms with Crippen molar-refractivity contribution in [2.45, 2.75) is 122 Å². The van der Waals surface area contributed by atoms with Gasteiger partial charge >= 0.3 is 0 Å². The van der Waals surface area contributed by atoms with Gasteiger partial charge in [-0.3, -0.25) is 0 Å². The third kappa shape index (κ3) is 6.74. The molecule has 0 spiro atoms. The Balaban J connectivity index is 1.25. The molecule has 2 unspecified atom stereocenters. The standard InChI is InChI=1S/C49H59N3/c1-8-9-10-11-12-13-46(50)49(51)44-31-36(19-28-42(44)43-29-22-38(32-45(43)49)48(5,6)7)34-16-23-39(24-17-34)52(41-25-18-33-14-15-35(33)30-41)40-26-20-37(21-27-40)47(2,3)4/h16-32,46H,8-15,50-51H2,1-7H3. The normalized spacial score (nSPS) is 16.9. The molecule has 0 saturated carbocycles. The molecular formula is C49H59N3. The molecule has 2 atom stereocenters. The minimum atomic E-state index is -0.752. The number of aryl methyl sites for hydroxylation is 2. The molecule has 4 N–H and O–H groups in total. The van der Waals surface area contributed by atoms with E-state index < -0.39 is 5.54 Å². The molecule has 0 aromatic heterocycles. The van der Waals surface area contributed by atoms with Gasteiger partial charge in [-0.2, -0.15) is 0 Å². The van der Waals surface area contributed by atoms with Gasteiger partial charge in [-0.1, -0.05) is 141 Å². The summed E-state index contributed by atoms with van der Waals surface area (Å²) in [6, 6.07) is 38.7. The predicted octanol–water partition coefficient (Wildman–Crippen LogP) is 12.4. The Hall–Kier alpha value is -4.18. The Labute approximate surface area is 313 Å². The molecule has 7 rings (SSSR count). The second-order valence-electron chi connectivity index (χ2n) is 17.6. The summed E-state index contributed by atoms with van der Waals surface area (Å²) in [5, 5.41) is 0. The molecule has 0 saturated heterocycles. The number of unbranched alkanes of at least 4 members (excludes halogenated alkanes) is 4. The second-order valence-corrected chi connectivity index (χ2v) is 17.6. The SMILES string of the molecule is CCCCCCCC(N)C1(N)c2cc(-c3ccc(N(c4ccc(C(C)(C)C)cc4)c4ccc5c(c4)CC5)cc3)ccc2-c2ccc(C(C)(C)C)cc21. The van der Waals surface area contributed by atoms with Crippen molar-refractivity contribution in [3.8, 4) is 22.3 Å². The summed E-state index contributed by atoms with van der Waals surface area (Å²) in [5.41, 5.74) is 30.4. The Morgan fingerprint density at radius 1 is 0.577 bits per heavy atom. The van der Waals surface area contributed by atoms with Gasteiger partial charge in [-0.05, 0) is 128 Å². The van der Waals surface area contributed by atoms with Crippen molar-refractivity contribution in [3.63, 3.8) is 0 Å². The molecule has 0 fully saturated rings. The lowest BCUT2D eigenvalue weighted by Crippen LogP contribution is -2.52. The minimum absolute atomic E-state index is 0.0188. The average Bonchev–Trinajstić information content (AvgIpc) is 3.37. The van der Waals surface area contributed by atoms with Crippen LogP contribution in [0.3, 0.4) is 0 Å². The van der Waals surface area contributed by atoms with E-state index in [-0.39, 0.29) is 16.9 Å². The maximum absolute atomic E-state index is 7.65. The summed E-state index contributed by atoms with van der Waals surface area (Å²) < 4.78 is 0. The highest BCUT2D eigenvalue weighted by Gasteiger charge is 2.45. The van der Waals surface area contributed by atoms with Crippen molar-refractivity contribution in [1.29, 1.82) is 0 Å². The Kier molecular flexibility index (Phi) is 9.74. The number of hydrogen-bond acceptors (Lipinski definition) is 3. The molecule has 2 aliphatic carbocycles. The highest BCUT2D eigenvalue weighted by molar-refractivity contribution is 5.85. The summed E-state index contributed by atoms with van der Waals surface area (Å²) in [4.78, 5) is 2.39. The van der Waals surface area contributed by atoms with Gasteiger partial charge in [0.05, 0.1) is 5.54 Å². The molecular weight excluding hydrogens is 631 g/mol. The Morgan fingerprint density at radius 3 is 1.71 bits per heavy atom. The molecule has 0 amide bonds. The first kappa shape index (κ1) is 36.2. The van der Waals surface area contributed by atoms with E-state index in [1.54, 1.807) is 0 Å². The maximum Gasteiger partial charge on any atom is 0.0831 e. The van der Waals surface area contributed by atoms with E-state index in [0.29, 0.717) is 0 Å². The van der Waals surface area contributed by atoms with E-state index in [9.17, 15) is 0 Å². The number of benzene rings is 5. The third-order valence-electron chi connectivity index (χ3n) is 11.9. The van der Waals surface area contributed by atoms with Gasteiger partial charge in [0.1, 0.15) is 0 Å². The van der Waals surface area contributed by atoms with Crippen LogP contribution in [-0.4, -0.2) is 6.04 Å². The molecule has 52 heavy (non-hydrogen) atoms. The molecule has 2 aliphatic rings. The zero-order valence-corrected chi connectivity index (χ0v) is 32.7. The molecule has 0 aliphatic heterocycles. The van der Waals surface area contributed by atoms with Crippen LogP contribution in [0.1, 0.15) is 120 Å². The smallest absolute Gasteiger partial charge is 0.0831 e. The average molecular weight is 690 g/mol. The second kappa shape index (κ2) is 14.0. The van der Waals surface area contributed by atoms with Gasteiger partial charge in [-0.15, -0.1) is 0 Å². The lowest BCUT2D eigenvalue weighted by atomic mass is 9.77. The van der Waals surface area contributed by atoms with Crippen molar-refractivity contribution in [3.05, 3.63) is 137 Å². The van der Waals surface area contributed by atoms with Crippen molar-refractivity contribution < 1.29 is 0 Å². The molecule has 3 heteroatoms. The third-order valence-corrected chi connectivity index (χ3v) is 11.9. The lowest BCUT2D eigenvalue weighted by molar-refractivity contribution is 0.391. The van der Waals surface area contributed by atoms with Crippen molar-refractivity contribution in [2.75, 3.05) is 4.90 Å². The number of rotatable bonds is 11. The number of nitrogens with two attached hydrogens (primary N) is 2. The molecule has 5 aromatic carbocycles. The fraction of sp³-hybridized carbons (Fsp3) is 0.388. The first-order chi connectivity index (χ1) is 24.8. The summed E-state index contributed by atoms with van der Waals surface area (Å²) in [6.07, 6.45) is 9.33. The fourth-order valence-corrected chi connectivity index (χ4v) is 8.31. The van der Waals surface area contributed by atoms with Crippen LogP contribution >= 0.6 is 0 Å². The highest BCUT2D eigenvalue weighted by atomic mass is 15.1. The Morgan fingerprint density at radius 2 is 1.12 bits per heavy atom. The largest absolute Gasteiger partial charge is 0.326 e. The van der Waals surface area contributed by atoms with E-state index in [2.05, 4.69) is 156 Å². The molecule has 270 valence electrons. The molecule has 0 heterocycles. The molecule has 5 aromatic rings. The number of anilines is 3. The van der Waals surface area contributed by atoms with Crippen LogP contribution in [0.5, 0.6) is 0 Å². The highest BCUT2D eigenvalue weighted by Crippen LogP contribution is 2.50. The molecule has 0 bridgehead atoms. The molecule has 0 radical (unpaired) electrons. The van der Waals surface area contributed by atoms with Crippen molar-refractivity contribution in [2.24, 2.45) is 11.5 Å². The fourth-order valence-electron chi connectivity index (χ4n) is 8.31. The van der Waals surface area contributed by atoms with Crippen LogP contribution < -0.4 is 16.4 Å². The van der Waals surface area contributed by atoms with Crippen LogP contribution in [0.2, 0.25) is 0 Å². The minimum Gasteiger partial charge on any atom is -0.326 e. The first-order valence-corrected chi connectivity index (χ1v) is 19.8. The van der Waals surface area contributed by atoms with E-state index in [0.717, 1.165) is 30.5 Å². The van der Waals surface area contributed by atoms with Gasteiger partial charge in [0.25, 0.3) is 0 Å². The zero-order valence-electron chi connectivity index (χ0n) is 32.7. The Bertz CT molecular complexity index is 2040. The molecule has 3 nitrogen and oxygen atoms in total. The van der Waals surface area contributed by atoms with Crippen LogP contribution in [-0.2, 0) is 29.2 Å². The lowest BCUT2D eigenvalue weighted by Gasteiger charge is -2.35. The summed E-state index contributed by atoms with van der Waals surface area (Å²) in [6.45, 7) is 15.9. The first-order valence-electron chi connectivity index (χ1n) is 19.8. The monoisotopic (exact) mass is 689 g/mol. The van der Waals surface area contributed by atoms with E-state index in [1.165, 1.54) is 93.5 Å². The number of fused-ring (bicyclic) bond motifs is 4. The summed E-state index contributed by atoms with van der Waals surface area (Å²) in [5.74, 6) is 0. The van der Waals surface area contributed by atoms with E-state index >= 15 is 0 Å². The van der Waals surface area contributed by atoms with Crippen LogP contribution in [0.25, 0.3) is 22.3 Å². The van der Waals surface area contributed by atoms with Gasteiger partial charge < -0.3 is 16.4 Å².